The zero-order valence-corrected chi connectivity index (χ0v) is 14.6. The Balaban J connectivity index is 1.68. The minimum atomic E-state index is -0.563. The first kappa shape index (κ1) is 17.5. The van der Waals surface area contributed by atoms with Crippen LogP contribution in [0.25, 0.3) is 0 Å². The van der Waals surface area contributed by atoms with Crippen molar-refractivity contribution in [3.63, 3.8) is 0 Å². The van der Waals surface area contributed by atoms with E-state index < -0.39 is 4.92 Å². The average molecular weight is 365 g/mol. The molecule has 0 bridgehead atoms. The van der Waals surface area contributed by atoms with E-state index in [0.717, 1.165) is 43.5 Å². The first-order valence-corrected chi connectivity index (χ1v) is 8.62. The van der Waals surface area contributed by atoms with Crippen molar-refractivity contribution in [2.24, 2.45) is 0 Å². The van der Waals surface area contributed by atoms with Gasteiger partial charge in [-0.3, -0.25) is 15.0 Å². The smallest absolute Gasteiger partial charge is 0.353 e. The summed E-state index contributed by atoms with van der Waals surface area (Å²) in [4.78, 5) is 26.9. The van der Waals surface area contributed by atoms with Gasteiger partial charge in [0.1, 0.15) is 11.3 Å². The molecule has 0 unspecified atom stereocenters. The summed E-state index contributed by atoms with van der Waals surface area (Å²) in [5.41, 5.74) is 6.16. The normalized spacial score (nSPS) is 15.2. The lowest BCUT2D eigenvalue weighted by Crippen LogP contribution is -2.35. The fourth-order valence-corrected chi connectivity index (χ4v) is 3.43. The van der Waals surface area contributed by atoms with Crippen LogP contribution in [0.5, 0.6) is 0 Å². The molecule has 1 aliphatic heterocycles. The molecule has 0 atom stereocenters. The van der Waals surface area contributed by atoms with Crippen LogP contribution in [-0.4, -0.2) is 58.1 Å². The lowest BCUT2D eigenvalue weighted by molar-refractivity contribution is -0.383. The monoisotopic (exact) mass is 365 g/mol. The Morgan fingerprint density at radius 3 is 2.92 bits per heavy atom. The zero-order valence-electron chi connectivity index (χ0n) is 13.8. The summed E-state index contributed by atoms with van der Waals surface area (Å²) in [7, 11) is 1.72. The number of hydrogen-bond donors (Lipinski definition) is 1. The van der Waals surface area contributed by atoms with Crippen molar-refractivity contribution in [3.05, 3.63) is 32.5 Å². The van der Waals surface area contributed by atoms with Gasteiger partial charge in [-0.05, 0) is 0 Å². The molecule has 1 saturated heterocycles. The highest BCUT2D eigenvalue weighted by atomic mass is 32.1. The third-order valence-electron chi connectivity index (χ3n) is 3.84. The lowest BCUT2D eigenvalue weighted by Gasteiger charge is -2.25. The summed E-state index contributed by atoms with van der Waals surface area (Å²) in [5.74, 6) is 0.0355. The zero-order chi connectivity index (χ0) is 17.8. The molecule has 25 heavy (non-hydrogen) atoms. The van der Waals surface area contributed by atoms with Gasteiger partial charge >= 0.3 is 5.69 Å². The van der Waals surface area contributed by atoms with E-state index in [1.807, 2.05) is 5.38 Å². The summed E-state index contributed by atoms with van der Waals surface area (Å²) in [6.45, 7) is 4.50. The molecule has 3 rings (SSSR count). The van der Waals surface area contributed by atoms with Crippen LogP contribution in [0.4, 0.5) is 17.3 Å². The molecular formula is C14H19N7O3S. The summed E-state index contributed by atoms with van der Waals surface area (Å²) in [5, 5.41) is 14.2. The Morgan fingerprint density at radius 2 is 2.20 bits per heavy atom. The van der Waals surface area contributed by atoms with Gasteiger partial charge in [-0.1, -0.05) is 0 Å². The van der Waals surface area contributed by atoms with Gasteiger partial charge in [0.05, 0.1) is 36.9 Å². The minimum absolute atomic E-state index is 0.145. The Labute approximate surface area is 148 Å². The molecule has 10 nitrogen and oxygen atoms in total. The first-order valence-electron chi connectivity index (χ1n) is 7.74. The van der Waals surface area contributed by atoms with E-state index >= 15 is 0 Å². The molecule has 0 radical (unpaired) electrons. The topological polar surface area (TPSA) is 124 Å². The van der Waals surface area contributed by atoms with Crippen LogP contribution < -0.4 is 10.6 Å². The van der Waals surface area contributed by atoms with Gasteiger partial charge in [0.2, 0.25) is 11.6 Å². The summed E-state index contributed by atoms with van der Waals surface area (Å²) in [6.07, 6.45) is 1.22. The van der Waals surface area contributed by atoms with Crippen molar-refractivity contribution >= 4 is 28.7 Å². The van der Waals surface area contributed by atoms with E-state index in [-0.39, 0.29) is 17.3 Å². The maximum atomic E-state index is 11.2. The second-order valence-corrected chi connectivity index (χ2v) is 6.61. The van der Waals surface area contributed by atoms with Crippen LogP contribution in [0.1, 0.15) is 10.7 Å². The van der Waals surface area contributed by atoms with Gasteiger partial charge in [-0.15, -0.1) is 11.3 Å². The van der Waals surface area contributed by atoms with Gasteiger partial charge < -0.3 is 15.4 Å². The highest BCUT2D eigenvalue weighted by Gasteiger charge is 2.24. The van der Waals surface area contributed by atoms with Crippen LogP contribution in [0.3, 0.4) is 0 Å². The van der Waals surface area contributed by atoms with Gasteiger partial charge in [-0.2, -0.15) is 0 Å². The minimum Gasteiger partial charge on any atom is -0.379 e. The number of anilines is 2. The lowest BCUT2D eigenvalue weighted by atomic mass is 10.3. The second-order valence-electron chi connectivity index (χ2n) is 5.67. The molecule has 0 aliphatic carbocycles. The molecule has 2 aromatic rings. The molecule has 1 fully saturated rings. The molecule has 2 N–H and O–H groups in total. The van der Waals surface area contributed by atoms with Crippen LogP contribution in [0, 0.1) is 10.1 Å². The van der Waals surface area contributed by atoms with Crippen molar-refractivity contribution in [2.75, 3.05) is 44.0 Å². The molecule has 0 aromatic carbocycles. The largest absolute Gasteiger partial charge is 0.379 e. The van der Waals surface area contributed by atoms with Crippen LogP contribution in [-0.2, 0) is 17.8 Å². The standard InChI is InChI=1S/C14H19N7O3S/c1-19(14-12(21(22)23)13(15)16-9-17-14)6-10-8-25-11(18-10)7-20-2-4-24-5-3-20/h8-9H,2-7H2,1H3,(H2,15,16,17). The highest BCUT2D eigenvalue weighted by Crippen LogP contribution is 2.29. The van der Waals surface area contributed by atoms with Crippen molar-refractivity contribution in [3.8, 4) is 0 Å². The van der Waals surface area contributed by atoms with Crippen molar-refractivity contribution in [1.82, 2.24) is 19.9 Å². The first-order chi connectivity index (χ1) is 12.0. The van der Waals surface area contributed by atoms with Gasteiger partial charge in [0.25, 0.3) is 0 Å². The Morgan fingerprint density at radius 1 is 1.44 bits per heavy atom. The number of morpholine rings is 1. The molecule has 3 heterocycles. The van der Waals surface area contributed by atoms with E-state index in [4.69, 9.17) is 10.5 Å². The highest BCUT2D eigenvalue weighted by molar-refractivity contribution is 7.09. The second kappa shape index (κ2) is 7.68. The fraction of sp³-hybridized carbons (Fsp3) is 0.500. The summed E-state index contributed by atoms with van der Waals surface area (Å²) >= 11 is 1.58. The Kier molecular flexibility index (Phi) is 5.36. The maximum absolute atomic E-state index is 11.2. The molecule has 0 spiro atoms. The summed E-state index contributed by atoms with van der Waals surface area (Å²) < 4.78 is 5.34. The predicted molar refractivity (Wildman–Crippen MR) is 93.4 cm³/mol. The number of hydrogen-bond acceptors (Lipinski definition) is 10. The number of nitrogen functional groups attached to an aromatic ring is 1. The van der Waals surface area contributed by atoms with Crippen molar-refractivity contribution in [1.29, 1.82) is 0 Å². The number of nitro groups is 1. The van der Waals surface area contributed by atoms with Crippen molar-refractivity contribution in [2.45, 2.75) is 13.1 Å². The number of ether oxygens (including phenoxy) is 1. The number of rotatable bonds is 6. The van der Waals surface area contributed by atoms with Gasteiger partial charge in [-0.25, -0.2) is 15.0 Å². The van der Waals surface area contributed by atoms with E-state index in [2.05, 4.69) is 19.9 Å². The molecule has 11 heteroatoms. The van der Waals surface area contributed by atoms with Gasteiger partial charge in [0, 0.05) is 25.5 Å². The third kappa shape index (κ3) is 4.18. The molecule has 0 amide bonds. The van der Waals surface area contributed by atoms with Gasteiger partial charge in [0.15, 0.2) is 0 Å². The molecule has 134 valence electrons. The predicted octanol–water partition coefficient (Wildman–Crippen LogP) is 0.892. The number of nitrogens with zero attached hydrogens (tertiary/aromatic N) is 6. The van der Waals surface area contributed by atoms with Crippen LogP contribution >= 0.6 is 11.3 Å². The Bertz CT molecular complexity index is 748. The van der Waals surface area contributed by atoms with E-state index in [1.54, 1.807) is 23.3 Å². The van der Waals surface area contributed by atoms with E-state index in [9.17, 15) is 10.1 Å². The fourth-order valence-electron chi connectivity index (χ4n) is 2.60. The SMILES string of the molecule is CN(Cc1csc(CN2CCOCC2)n1)c1ncnc(N)c1[N+](=O)[O-]. The quantitative estimate of drug-likeness (QED) is 0.587. The van der Waals surface area contributed by atoms with Crippen LogP contribution in [0.15, 0.2) is 11.7 Å². The van der Waals surface area contributed by atoms with E-state index in [0.29, 0.717) is 6.54 Å². The average Bonchev–Trinajstić information content (AvgIpc) is 3.02. The number of aromatic nitrogens is 3. The Hall–Kier alpha value is -2.37. The van der Waals surface area contributed by atoms with Crippen molar-refractivity contribution < 1.29 is 9.66 Å². The molecule has 1 aliphatic rings. The third-order valence-corrected chi connectivity index (χ3v) is 4.72. The number of nitrogens with two attached hydrogens (primary N) is 1. The molecule has 2 aromatic heterocycles. The van der Waals surface area contributed by atoms with Crippen LogP contribution in [0.2, 0.25) is 0 Å². The summed E-state index contributed by atoms with van der Waals surface area (Å²) in [6, 6.07) is 0. The number of thiazole rings is 1. The van der Waals surface area contributed by atoms with E-state index in [1.165, 1.54) is 6.33 Å². The molecule has 0 saturated carbocycles. The molecular weight excluding hydrogens is 346 g/mol. The maximum Gasteiger partial charge on any atom is 0.353 e.